The van der Waals surface area contributed by atoms with E-state index in [1.165, 1.54) is 116 Å². The van der Waals surface area contributed by atoms with Gasteiger partial charge in [-0.3, -0.25) is 14.4 Å². The smallest absolute Gasteiger partial charge is 0.306 e. The summed E-state index contributed by atoms with van der Waals surface area (Å²) in [6, 6.07) is 0. The molecule has 0 fully saturated rings. The Morgan fingerprint density at radius 2 is 0.575 bits per heavy atom. The molecule has 0 rings (SSSR count). The largest absolute Gasteiger partial charge is 0.462 e. The molecule has 0 heterocycles. The van der Waals surface area contributed by atoms with Crippen LogP contribution in [0, 0.1) is 0 Å². The highest BCUT2D eigenvalue weighted by Crippen LogP contribution is 2.14. The molecule has 0 radical (unpaired) electrons. The predicted octanol–water partition coefficient (Wildman–Crippen LogP) is 20.2. The predicted molar refractivity (Wildman–Crippen MR) is 316 cm³/mol. The van der Waals surface area contributed by atoms with Gasteiger partial charge in [0.25, 0.3) is 0 Å². The molecule has 0 unspecified atom stereocenters. The average Bonchev–Trinajstić information content (AvgIpc) is 3.39. The van der Waals surface area contributed by atoms with Gasteiger partial charge < -0.3 is 14.2 Å². The third kappa shape index (κ3) is 58.3. The van der Waals surface area contributed by atoms with E-state index >= 15 is 0 Å². The first-order chi connectivity index (χ1) is 36.0. The van der Waals surface area contributed by atoms with E-state index in [1.54, 1.807) is 0 Å². The van der Waals surface area contributed by atoms with Crippen LogP contribution in [0.2, 0.25) is 0 Å². The van der Waals surface area contributed by atoms with Crippen LogP contribution in [0.4, 0.5) is 0 Å². The van der Waals surface area contributed by atoms with Crippen LogP contribution in [0.5, 0.6) is 0 Å². The Hall–Kier alpha value is -4.45. The van der Waals surface area contributed by atoms with Gasteiger partial charge in [0.05, 0.1) is 0 Å². The Morgan fingerprint density at radius 1 is 0.288 bits per heavy atom. The van der Waals surface area contributed by atoms with E-state index in [0.29, 0.717) is 19.3 Å². The van der Waals surface area contributed by atoms with Crippen molar-refractivity contribution in [3.8, 4) is 0 Å². The molecular weight excluding hydrogens is 901 g/mol. The van der Waals surface area contributed by atoms with Crippen molar-refractivity contribution in [1.82, 2.24) is 0 Å². The third-order valence-electron chi connectivity index (χ3n) is 12.1. The maximum absolute atomic E-state index is 12.8. The Labute approximate surface area is 449 Å². The molecule has 0 saturated carbocycles. The third-order valence-corrected chi connectivity index (χ3v) is 12.1. The van der Waals surface area contributed by atoms with E-state index in [-0.39, 0.29) is 44.0 Å². The van der Waals surface area contributed by atoms with E-state index in [1.807, 2.05) is 6.08 Å². The quantitative estimate of drug-likeness (QED) is 0.0261. The average molecular weight is 1010 g/mol. The number of esters is 3. The van der Waals surface area contributed by atoms with Crippen LogP contribution in [0.25, 0.3) is 0 Å². The molecule has 0 aliphatic heterocycles. The van der Waals surface area contributed by atoms with Gasteiger partial charge in [-0.1, -0.05) is 244 Å². The minimum atomic E-state index is -0.844. The summed E-state index contributed by atoms with van der Waals surface area (Å²) in [7, 11) is 0. The fourth-order valence-electron chi connectivity index (χ4n) is 7.69. The Morgan fingerprint density at radius 3 is 1.00 bits per heavy atom. The van der Waals surface area contributed by atoms with Gasteiger partial charge in [0.15, 0.2) is 6.10 Å². The fourth-order valence-corrected chi connectivity index (χ4v) is 7.69. The summed E-state index contributed by atoms with van der Waals surface area (Å²) in [5.41, 5.74) is 0. The van der Waals surface area contributed by atoms with Crippen LogP contribution in [0.1, 0.15) is 252 Å². The topological polar surface area (TPSA) is 78.9 Å². The first-order valence-corrected chi connectivity index (χ1v) is 29.7. The molecule has 0 spiro atoms. The summed E-state index contributed by atoms with van der Waals surface area (Å²) in [5, 5.41) is 0. The van der Waals surface area contributed by atoms with E-state index in [9.17, 15) is 14.4 Å². The Kier molecular flexibility index (Phi) is 56.4. The van der Waals surface area contributed by atoms with Crippen molar-refractivity contribution in [2.45, 2.75) is 258 Å². The number of rotatable bonds is 52. The van der Waals surface area contributed by atoms with E-state index in [0.717, 1.165) is 83.5 Å². The molecular formula is C67H108O6. The Balaban J connectivity index is 4.58. The number of unbranched alkanes of at least 4 members (excludes halogenated alkanes) is 19. The van der Waals surface area contributed by atoms with Crippen LogP contribution in [0.15, 0.2) is 134 Å². The molecule has 412 valence electrons. The molecule has 73 heavy (non-hydrogen) atoms. The van der Waals surface area contributed by atoms with Crippen LogP contribution < -0.4 is 0 Å². The molecule has 0 aliphatic rings. The Bertz CT molecular complexity index is 1580. The van der Waals surface area contributed by atoms with Crippen LogP contribution in [-0.4, -0.2) is 37.2 Å². The summed E-state index contributed by atoms with van der Waals surface area (Å²) < 4.78 is 16.8. The van der Waals surface area contributed by atoms with Crippen LogP contribution in [0.3, 0.4) is 0 Å². The van der Waals surface area contributed by atoms with Crippen molar-refractivity contribution in [3.05, 3.63) is 134 Å². The molecule has 0 aromatic heterocycles. The maximum Gasteiger partial charge on any atom is 0.306 e. The number of carbonyl (C=O) groups is 3. The number of carbonyl (C=O) groups excluding carboxylic acids is 3. The minimum absolute atomic E-state index is 0.128. The second-order valence-corrected chi connectivity index (χ2v) is 19.2. The molecule has 6 nitrogen and oxygen atoms in total. The van der Waals surface area contributed by atoms with E-state index < -0.39 is 6.10 Å². The van der Waals surface area contributed by atoms with Gasteiger partial charge in [0.2, 0.25) is 0 Å². The second kappa shape index (κ2) is 60.1. The normalized spacial score (nSPS) is 13.1. The fraction of sp³-hybridized carbons (Fsp3) is 0.627. The van der Waals surface area contributed by atoms with Gasteiger partial charge in [0, 0.05) is 19.3 Å². The molecule has 0 aromatic carbocycles. The molecule has 0 amide bonds. The van der Waals surface area contributed by atoms with Gasteiger partial charge in [-0.25, -0.2) is 0 Å². The maximum atomic E-state index is 12.8. The summed E-state index contributed by atoms with van der Waals surface area (Å²) in [4.78, 5) is 38.2. The van der Waals surface area contributed by atoms with Crippen LogP contribution in [-0.2, 0) is 28.6 Å². The van der Waals surface area contributed by atoms with Crippen LogP contribution >= 0.6 is 0 Å². The molecule has 1 atom stereocenters. The van der Waals surface area contributed by atoms with Crippen molar-refractivity contribution in [2.75, 3.05) is 13.2 Å². The van der Waals surface area contributed by atoms with Gasteiger partial charge in [-0.15, -0.1) is 0 Å². The first-order valence-electron chi connectivity index (χ1n) is 29.7. The monoisotopic (exact) mass is 1010 g/mol. The summed E-state index contributed by atoms with van der Waals surface area (Å²) >= 11 is 0. The lowest BCUT2D eigenvalue weighted by Gasteiger charge is -2.18. The lowest BCUT2D eigenvalue weighted by Crippen LogP contribution is -2.30. The SMILES string of the molecule is CC/C=C\C/C=C\C/C=C\C/C=C\C/C=C\CCCC(=O)O[C@H](COC(=O)CC/C=C\C/C=C\C/C=C\C/C=C\C/C=C\CCCCC)COC(=O)CCCCCCCCCCC/C=C\CCCCCCCC. The van der Waals surface area contributed by atoms with Crippen molar-refractivity contribution < 1.29 is 28.6 Å². The zero-order valence-corrected chi connectivity index (χ0v) is 47.1. The van der Waals surface area contributed by atoms with Gasteiger partial charge in [-0.2, -0.15) is 0 Å². The zero-order valence-electron chi connectivity index (χ0n) is 47.1. The van der Waals surface area contributed by atoms with Crippen molar-refractivity contribution >= 4 is 17.9 Å². The standard InChI is InChI=1S/C67H108O6/c1-4-7-10-13-16-19-22-25-28-31-33-36-38-41-44-47-50-53-56-59-65(68)71-62-64(73-67(70)61-58-55-52-49-46-43-40-35-30-27-24-21-18-15-12-9-6-3)63-72-66(69)60-57-54-51-48-45-42-39-37-34-32-29-26-23-20-17-14-11-8-5-2/h9,12,16,18-19,21,25-30,33,36,40-41,43-44,49-50,52-53,64H,4-8,10-11,13-15,17,20,22-24,31-32,34-35,37-39,42,45-48,51,54-63H2,1-3H3/b12-9-,19-16-,21-18-,28-25-,29-26-,30-27-,36-33-,43-40-,44-41-,52-49-,53-50-/t64-/m1/s1. The van der Waals surface area contributed by atoms with Gasteiger partial charge >= 0.3 is 17.9 Å². The molecule has 0 saturated heterocycles. The summed E-state index contributed by atoms with van der Waals surface area (Å²) in [6.45, 7) is 6.38. The molecule has 6 heteroatoms. The molecule has 0 N–H and O–H groups in total. The number of ether oxygens (including phenoxy) is 3. The number of hydrogen-bond donors (Lipinski definition) is 0. The molecule has 0 aromatic rings. The van der Waals surface area contributed by atoms with Crippen molar-refractivity contribution in [3.63, 3.8) is 0 Å². The molecule has 0 aliphatic carbocycles. The molecule has 0 bridgehead atoms. The highest BCUT2D eigenvalue weighted by molar-refractivity contribution is 5.71. The summed E-state index contributed by atoms with van der Waals surface area (Å²) in [6.07, 6.45) is 84.6. The first kappa shape index (κ1) is 68.6. The highest BCUT2D eigenvalue weighted by atomic mass is 16.6. The highest BCUT2D eigenvalue weighted by Gasteiger charge is 2.19. The summed E-state index contributed by atoms with van der Waals surface area (Å²) in [5.74, 6) is -1.08. The van der Waals surface area contributed by atoms with E-state index in [4.69, 9.17) is 14.2 Å². The zero-order chi connectivity index (χ0) is 52.9. The van der Waals surface area contributed by atoms with Gasteiger partial charge in [0.1, 0.15) is 13.2 Å². The van der Waals surface area contributed by atoms with Gasteiger partial charge in [-0.05, 0) is 122 Å². The lowest BCUT2D eigenvalue weighted by molar-refractivity contribution is -0.166. The lowest BCUT2D eigenvalue weighted by atomic mass is 10.1. The van der Waals surface area contributed by atoms with Crippen molar-refractivity contribution in [1.29, 1.82) is 0 Å². The van der Waals surface area contributed by atoms with E-state index in [2.05, 4.69) is 148 Å². The minimum Gasteiger partial charge on any atom is -0.462 e. The number of allylic oxidation sites excluding steroid dienone is 22. The number of hydrogen-bond acceptors (Lipinski definition) is 6. The van der Waals surface area contributed by atoms with Crippen molar-refractivity contribution in [2.24, 2.45) is 0 Å². The second-order valence-electron chi connectivity index (χ2n) is 19.2.